The number of rotatable bonds is 5. The predicted molar refractivity (Wildman–Crippen MR) is 110 cm³/mol. The lowest BCUT2D eigenvalue weighted by Gasteiger charge is -2.41. The highest BCUT2D eigenvalue weighted by molar-refractivity contribution is 5.85. The van der Waals surface area contributed by atoms with E-state index in [0.717, 1.165) is 39.0 Å². The zero-order chi connectivity index (χ0) is 17.8. The summed E-state index contributed by atoms with van der Waals surface area (Å²) in [7, 11) is 1.43. The number of nitro benzene ring substituents is 1. The van der Waals surface area contributed by atoms with E-state index >= 15 is 0 Å². The predicted octanol–water partition coefficient (Wildman–Crippen LogP) is 3.68. The summed E-state index contributed by atoms with van der Waals surface area (Å²) < 4.78 is 5.22. The van der Waals surface area contributed by atoms with Crippen LogP contribution in [0.25, 0.3) is 0 Å². The van der Waals surface area contributed by atoms with Gasteiger partial charge in [0.25, 0.3) is 5.69 Å². The van der Waals surface area contributed by atoms with Crippen molar-refractivity contribution in [1.82, 2.24) is 10.2 Å². The Morgan fingerprint density at radius 1 is 1.22 bits per heavy atom. The zero-order valence-corrected chi connectivity index (χ0v) is 17.2. The van der Waals surface area contributed by atoms with Crippen molar-refractivity contribution in [2.45, 2.75) is 38.1 Å². The number of phenols is 1. The minimum Gasteiger partial charge on any atom is -0.504 e. The Labute approximate surface area is 172 Å². The van der Waals surface area contributed by atoms with Crippen LogP contribution in [0.5, 0.6) is 11.5 Å². The fraction of sp³-hybridized carbons (Fsp3) is 0.667. The first-order chi connectivity index (χ1) is 12.1. The number of piperazine rings is 1. The summed E-state index contributed by atoms with van der Waals surface area (Å²) in [6, 6.07) is 2.84. The first-order valence-electron chi connectivity index (χ1n) is 9.12. The number of aromatic hydroxyl groups is 1. The average Bonchev–Trinajstić information content (AvgIpc) is 2.65. The summed E-state index contributed by atoms with van der Waals surface area (Å²) in [5.74, 6) is 0.631. The Hall–Kier alpha value is -1.28. The van der Waals surface area contributed by atoms with Crippen molar-refractivity contribution in [2.24, 2.45) is 5.92 Å². The highest BCUT2D eigenvalue weighted by atomic mass is 35.5. The second kappa shape index (κ2) is 10.9. The molecule has 1 atom stereocenters. The maximum absolute atomic E-state index is 11.4. The van der Waals surface area contributed by atoms with Gasteiger partial charge in [-0.15, -0.1) is 24.8 Å². The van der Waals surface area contributed by atoms with Crippen molar-refractivity contribution in [1.29, 1.82) is 0 Å². The molecule has 0 unspecified atom stereocenters. The minimum absolute atomic E-state index is 0. The maximum Gasteiger partial charge on any atom is 0.273 e. The SMILES string of the molecule is COc1cc([N+](=O)[O-])cc([C@@H](C2CCCCC2)N2CCNCC2)c1O.Cl.Cl. The van der Waals surface area contributed by atoms with Crippen molar-refractivity contribution >= 4 is 30.5 Å². The molecular formula is C18H29Cl2N3O4. The van der Waals surface area contributed by atoms with Crippen LogP contribution in [-0.4, -0.2) is 48.2 Å². The number of nitrogens with one attached hydrogen (secondary N) is 1. The number of nitro groups is 1. The van der Waals surface area contributed by atoms with Crippen LogP contribution in [0.3, 0.4) is 0 Å². The summed E-state index contributed by atoms with van der Waals surface area (Å²) in [6.45, 7) is 3.56. The third-order valence-corrected chi connectivity index (χ3v) is 5.48. The Bertz CT molecular complexity index is 603. The van der Waals surface area contributed by atoms with Gasteiger partial charge in [-0.05, 0) is 18.8 Å². The van der Waals surface area contributed by atoms with Crippen LogP contribution in [0.4, 0.5) is 5.69 Å². The van der Waals surface area contributed by atoms with E-state index < -0.39 is 4.92 Å². The Kier molecular flexibility index (Phi) is 9.59. The van der Waals surface area contributed by atoms with E-state index in [4.69, 9.17) is 4.74 Å². The number of methoxy groups -OCH3 is 1. The minimum atomic E-state index is -0.416. The normalized spacial score (nSPS) is 19.4. The molecule has 27 heavy (non-hydrogen) atoms. The van der Waals surface area contributed by atoms with Crippen molar-refractivity contribution in [3.63, 3.8) is 0 Å². The van der Waals surface area contributed by atoms with Gasteiger partial charge in [-0.1, -0.05) is 19.3 Å². The zero-order valence-electron chi connectivity index (χ0n) is 15.6. The van der Waals surface area contributed by atoms with Crippen molar-refractivity contribution in [3.05, 3.63) is 27.8 Å². The van der Waals surface area contributed by atoms with E-state index in [0.29, 0.717) is 11.5 Å². The van der Waals surface area contributed by atoms with E-state index in [1.165, 1.54) is 32.4 Å². The lowest BCUT2D eigenvalue weighted by Crippen LogP contribution is -2.47. The topological polar surface area (TPSA) is 87.9 Å². The van der Waals surface area contributed by atoms with Gasteiger partial charge >= 0.3 is 0 Å². The van der Waals surface area contributed by atoms with Crippen LogP contribution in [0.1, 0.15) is 43.7 Å². The van der Waals surface area contributed by atoms with Gasteiger partial charge in [0.05, 0.1) is 18.1 Å². The lowest BCUT2D eigenvalue weighted by atomic mass is 9.79. The fourth-order valence-electron chi connectivity index (χ4n) is 4.26. The molecule has 0 aromatic heterocycles. The first-order valence-corrected chi connectivity index (χ1v) is 9.12. The molecule has 1 aromatic carbocycles. The van der Waals surface area contributed by atoms with Crippen LogP contribution in [0.2, 0.25) is 0 Å². The number of phenolic OH excluding ortho intramolecular Hbond substituents is 1. The summed E-state index contributed by atoms with van der Waals surface area (Å²) in [5.41, 5.74) is 0.612. The monoisotopic (exact) mass is 421 g/mol. The van der Waals surface area contributed by atoms with Gasteiger partial charge in [-0.2, -0.15) is 0 Å². The second-order valence-electron chi connectivity index (χ2n) is 6.97. The van der Waals surface area contributed by atoms with Crippen molar-refractivity contribution < 1.29 is 14.8 Å². The first kappa shape index (κ1) is 23.8. The lowest BCUT2D eigenvalue weighted by molar-refractivity contribution is -0.385. The van der Waals surface area contributed by atoms with E-state index in [-0.39, 0.29) is 48.0 Å². The second-order valence-corrected chi connectivity index (χ2v) is 6.97. The van der Waals surface area contributed by atoms with Crippen molar-refractivity contribution in [3.8, 4) is 11.5 Å². The van der Waals surface area contributed by atoms with Crippen LogP contribution in [-0.2, 0) is 0 Å². The maximum atomic E-state index is 11.4. The molecule has 9 heteroatoms. The molecule has 1 saturated heterocycles. The van der Waals surface area contributed by atoms with Gasteiger partial charge in [0, 0.05) is 43.9 Å². The van der Waals surface area contributed by atoms with E-state index in [9.17, 15) is 15.2 Å². The van der Waals surface area contributed by atoms with E-state index in [1.54, 1.807) is 6.07 Å². The van der Waals surface area contributed by atoms with Crippen LogP contribution in [0.15, 0.2) is 12.1 Å². The highest BCUT2D eigenvalue weighted by Gasteiger charge is 2.34. The summed E-state index contributed by atoms with van der Waals surface area (Å²) in [5, 5.41) is 25.4. The van der Waals surface area contributed by atoms with Gasteiger partial charge in [-0.3, -0.25) is 15.0 Å². The molecular weight excluding hydrogens is 393 g/mol. The number of hydrogen-bond donors (Lipinski definition) is 2. The van der Waals surface area contributed by atoms with Gasteiger partial charge in [0.15, 0.2) is 11.5 Å². The van der Waals surface area contributed by atoms with Crippen LogP contribution in [0, 0.1) is 16.0 Å². The van der Waals surface area contributed by atoms with Gasteiger partial charge in [0.2, 0.25) is 0 Å². The molecule has 2 fully saturated rings. The number of ether oxygens (including phenoxy) is 1. The molecule has 1 aliphatic heterocycles. The summed E-state index contributed by atoms with van der Waals surface area (Å²) >= 11 is 0. The summed E-state index contributed by atoms with van der Waals surface area (Å²) in [6.07, 6.45) is 5.80. The Morgan fingerprint density at radius 2 is 1.85 bits per heavy atom. The highest BCUT2D eigenvalue weighted by Crippen LogP contribution is 2.45. The smallest absolute Gasteiger partial charge is 0.273 e. The summed E-state index contributed by atoms with van der Waals surface area (Å²) in [4.78, 5) is 13.3. The van der Waals surface area contributed by atoms with E-state index in [1.807, 2.05) is 0 Å². The van der Waals surface area contributed by atoms with Gasteiger partial charge < -0.3 is 15.2 Å². The van der Waals surface area contributed by atoms with E-state index in [2.05, 4.69) is 10.2 Å². The Morgan fingerprint density at radius 3 is 2.41 bits per heavy atom. The number of nitrogens with zero attached hydrogens (tertiary/aromatic N) is 2. The number of benzene rings is 1. The largest absolute Gasteiger partial charge is 0.504 e. The third-order valence-electron chi connectivity index (χ3n) is 5.48. The number of non-ortho nitro benzene ring substituents is 1. The quantitative estimate of drug-likeness (QED) is 0.556. The molecule has 1 heterocycles. The molecule has 1 saturated carbocycles. The molecule has 0 amide bonds. The molecule has 3 rings (SSSR count). The molecule has 1 aromatic rings. The molecule has 0 bridgehead atoms. The van der Waals surface area contributed by atoms with Gasteiger partial charge in [0.1, 0.15) is 0 Å². The van der Waals surface area contributed by atoms with Crippen LogP contribution < -0.4 is 10.1 Å². The molecule has 154 valence electrons. The number of hydrogen-bond acceptors (Lipinski definition) is 6. The molecule has 7 nitrogen and oxygen atoms in total. The molecule has 1 aliphatic carbocycles. The fourth-order valence-corrected chi connectivity index (χ4v) is 4.26. The van der Waals surface area contributed by atoms with Crippen LogP contribution >= 0.6 is 24.8 Å². The third kappa shape index (κ3) is 5.38. The number of halogens is 2. The average molecular weight is 422 g/mol. The standard InChI is InChI=1S/C18H27N3O4.2ClH/c1-25-16-12-14(21(23)24)11-15(18(16)22)17(13-5-3-2-4-6-13)20-9-7-19-8-10-20;;/h11-13,17,19,22H,2-10H2,1H3;2*1H/t17-;;/m1../s1. The molecule has 2 aliphatic rings. The Balaban J connectivity index is 0.00000182. The molecule has 2 N–H and O–H groups in total. The molecule has 0 radical (unpaired) electrons. The molecule has 0 spiro atoms. The van der Waals surface area contributed by atoms with Crippen molar-refractivity contribution in [2.75, 3.05) is 33.3 Å². The van der Waals surface area contributed by atoms with Gasteiger partial charge in [-0.25, -0.2) is 0 Å².